The summed E-state index contributed by atoms with van der Waals surface area (Å²) in [5.41, 5.74) is 27.4. The van der Waals surface area contributed by atoms with Gasteiger partial charge in [0.15, 0.2) is 0 Å². The Morgan fingerprint density at radius 2 is 0.702 bits per heavy atom. The summed E-state index contributed by atoms with van der Waals surface area (Å²) in [7, 11) is 2.00. The largest absolute Gasteiger partial charge is 3.00 e. The van der Waals surface area contributed by atoms with Gasteiger partial charge in [-0.3, -0.25) is 9.97 Å². The number of nitrogens with zero attached hydrogens (tertiary/aromatic N) is 6. The molecule has 0 bridgehead atoms. The molecule has 0 atom stereocenters. The van der Waals surface area contributed by atoms with E-state index in [1.165, 1.54) is 44.5 Å². The van der Waals surface area contributed by atoms with E-state index in [4.69, 9.17) is 24.0 Å². The van der Waals surface area contributed by atoms with E-state index in [-0.39, 0.29) is 40.2 Å². The Balaban J connectivity index is 0.000000165. The number of rotatable bonds is 11. The van der Waals surface area contributed by atoms with Gasteiger partial charge in [0.1, 0.15) is 16.7 Å². The van der Waals surface area contributed by atoms with Crippen LogP contribution in [0.4, 0.5) is 0 Å². The Labute approximate surface area is 638 Å². The number of para-hydroxylation sites is 3. The van der Waals surface area contributed by atoms with Crippen LogP contribution < -0.4 is 0 Å². The summed E-state index contributed by atoms with van der Waals surface area (Å²) in [5.74, 6) is 0. The molecule has 0 radical (unpaired) electrons. The van der Waals surface area contributed by atoms with Crippen LogP contribution in [0.1, 0.15) is 72.2 Å². The average molecular weight is 1720 g/mol. The quantitative estimate of drug-likeness (QED) is 0.120. The molecule has 8 aromatic heterocycles. The van der Waals surface area contributed by atoms with Gasteiger partial charge in [-0.1, -0.05) is 163 Å². The van der Waals surface area contributed by atoms with Crippen LogP contribution >= 0.6 is 0 Å². The number of aromatic nitrogens is 6. The fraction of sp³-hybridized carbons (Fsp3) is 0.152. The number of aliphatic hydroxyl groups excluding tert-OH is 2. The molecule has 0 aliphatic heterocycles. The van der Waals surface area contributed by atoms with E-state index in [1.54, 1.807) is 0 Å². The molecule has 0 amide bonds. The Hall–Kier alpha value is -10.5. The van der Waals surface area contributed by atoms with Crippen LogP contribution in [0.15, 0.2) is 270 Å². The van der Waals surface area contributed by atoms with Gasteiger partial charge in [-0.25, -0.2) is 0 Å². The molecule has 12 heteroatoms. The molecule has 2 N–H and O–H groups in total. The average Bonchev–Trinajstić information content (AvgIpc) is 1.62. The van der Waals surface area contributed by atoms with Crippen molar-refractivity contribution in [3.63, 3.8) is 0 Å². The summed E-state index contributed by atoms with van der Waals surface area (Å²) in [5, 5.41) is 18.5. The maximum atomic E-state index is 7.00. The minimum Gasteiger partial charge on any atom is -0.501 e. The molecule has 0 saturated carbocycles. The molecule has 0 aliphatic carbocycles. The minimum atomic E-state index is 0. The zero-order valence-corrected chi connectivity index (χ0v) is 65.0. The molecule has 104 heavy (non-hydrogen) atoms. The van der Waals surface area contributed by atoms with Crippen LogP contribution in [0.2, 0.25) is 0 Å². The van der Waals surface area contributed by atoms with E-state index in [0.29, 0.717) is 0 Å². The third kappa shape index (κ3) is 20.0. The number of aliphatic hydroxyl groups is 2. The van der Waals surface area contributed by atoms with Gasteiger partial charge in [0.25, 0.3) is 0 Å². The molecule has 8 heterocycles. The van der Waals surface area contributed by atoms with E-state index in [2.05, 4.69) is 208 Å². The first-order chi connectivity index (χ1) is 50.0. The maximum absolute atomic E-state index is 7.00. The van der Waals surface area contributed by atoms with Crippen molar-refractivity contribution in [2.75, 3.05) is 14.2 Å². The topological polar surface area (TPSA) is 144 Å². The smallest absolute Gasteiger partial charge is 0.501 e. The first kappa shape index (κ1) is 79.2. The number of fused-ring (bicyclic) bond motifs is 6. The van der Waals surface area contributed by atoms with Gasteiger partial charge in [-0.05, 0) is 141 Å². The predicted molar refractivity (Wildman–Crippen MR) is 419 cm³/mol. The fourth-order valence-corrected chi connectivity index (χ4v) is 11.4. The van der Waals surface area contributed by atoms with Crippen LogP contribution in [0, 0.1) is 58.0 Å². The van der Waals surface area contributed by atoms with E-state index in [1.807, 2.05) is 164 Å². The van der Waals surface area contributed by atoms with Crippen LogP contribution in [0.25, 0.3) is 123 Å². The van der Waals surface area contributed by atoms with Crippen molar-refractivity contribution in [3.8, 4) is 78.8 Å². The summed E-state index contributed by atoms with van der Waals surface area (Å²) >= 11 is 0. The molecule has 16 aromatic rings. The van der Waals surface area contributed by atoms with Crippen LogP contribution in [-0.2, 0) is 65.9 Å². The number of hydrogen-bond donors (Lipinski definition) is 2. The van der Waals surface area contributed by atoms with Crippen molar-refractivity contribution < 1.29 is 59.3 Å². The van der Waals surface area contributed by atoms with Crippen molar-refractivity contribution in [1.82, 2.24) is 29.9 Å². The first-order valence-corrected chi connectivity index (χ1v) is 34.3. The normalized spacial score (nSPS) is 10.3. The van der Waals surface area contributed by atoms with Gasteiger partial charge in [0.2, 0.25) is 0 Å². The third-order valence-electron chi connectivity index (χ3n) is 17.3. The summed E-state index contributed by atoms with van der Waals surface area (Å²) in [6.45, 7) is 17.0. The Bertz CT molecular complexity index is 5110. The van der Waals surface area contributed by atoms with Crippen LogP contribution in [-0.4, -0.2) is 54.3 Å². The zero-order chi connectivity index (χ0) is 71.7. The van der Waals surface area contributed by atoms with Gasteiger partial charge in [0.05, 0.1) is 11.3 Å². The van der Waals surface area contributed by atoms with E-state index in [9.17, 15) is 0 Å². The third-order valence-corrected chi connectivity index (χ3v) is 17.3. The molecule has 0 unspecified atom stereocenters. The maximum Gasteiger partial charge on any atom is 3.00 e. The predicted octanol–water partition coefficient (Wildman–Crippen LogP) is 22.0. The number of furan rings is 2. The van der Waals surface area contributed by atoms with Gasteiger partial charge < -0.3 is 39.0 Å². The van der Waals surface area contributed by atoms with E-state index in [0.717, 1.165) is 163 Å². The fourth-order valence-electron chi connectivity index (χ4n) is 11.4. The Kier molecular flexibility index (Phi) is 30.3. The molecular formula is C92H83Ir2N6O4+. The second-order valence-corrected chi connectivity index (χ2v) is 23.9. The van der Waals surface area contributed by atoms with Crippen LogP contribution in [0.5, 0.6) is 0 Å². The van der Waals surface area contributed by atoms with Crippen molar-refractivity contribution in [3.05, 3.63) is 336 Å². The summed E-state index contributed by atoms with van der Waals surface area (Å²) in [4.78, 5) is 27.2. The van der Waals surface area contributed by atoms with Crippen molar-refractivity contribution in [2.24, 2.45) is 0 Å². The number of benzene rings is 8. The molecule has 0 saturated heterocycles. The molecular weight excluding hydrogens is 1640 g/mol. The van der Waals surface area contributed by atoms with Crippen LogP contribution in [0.3, 0.4) is 0 Å². The van der Waals surface area contributed by atoms with Gasteiger partial charge in [-0.15, -0.1) is 150 Å². The molecule has 16 rings (SSSR count). The molecule has 10 nitrogen and oxygen atoms in total. The second kappa shape index (κ2) is 39.8. The standard InChI is InChI=1S/C26H22N2.C19H15NO.C19H14NO.2C13H12N.2CH4O.2Ir/c1-3-19-13-14-27-24(15-19)22-11-8-12-23(18-22)26-17-20(4-2)16-25(28-26)21-9-6-5-7-10-21;2*1-12-10-17(20-11-13(12)2)16-8-5-7-15-14-6-3-4-9-18(14)21-19(15)16;2*1-2-11-8-9-14-13(10-11)12-6-4-3-5-7-12;2*1-2;;/h5-9,11-17H,3-4H2,1-2H3;3-11H,1-2H3;3-7,9-11H,1-2H3;2*3-6,8-10H,2H2,1H3;2*2H,1H3;;/q-2;;3*-1;;;2*+3. The van der Waals surface area contributed by atoms with E-state index >= 15 is 0 Å². The SMILES string of the molecule is CCc1ccnc(-c2[c-]c(-c3cc(CC)cc(-c4[c-]cccc4)n3)ccc2)c1.CCc1ccnc(-c2[c-]cccc2)c1.CCc1ccnc(-c2[c-]cccc2)c1.CO.CO.Cc1cnc(-c2[c-]ccc3c2oc2ccccc23)cc1C.Cc1cnc(-c2cccc3c2oc2ccccc23)cc1C.[Ir+3].[Ir+3]. The van der Waals surface area contributed by atoms with Crippen molar-refractivity contribution in [2.45, 2.75) is 81.1 Å². The molecule has 0 spiro atoms. The van der Waals surface area contributed by atoms with Gasteiger partial charge >= 0.3 is 40.2 Å². The molecule has 0 fully saturated rings. The summed E-state index contributed by atoms with van der Waals surface area (Å²) in [6.07, 6.45) is 13.4. The molecule has 522 valence electrons. The molecule has 8 aromatic carbocycles. The number of pyridine rings is 6. The minimum absolute atomic E-state index is 0. The second-order valence-electron chi connectivity index (χ2n) is 23.9. The zero-order valence-electron chi connectivity index (χ0n) is 60.2. The Morgan fingerprint density at radius 1 is 0.317 bits per heavy atom. The Morgan fingerprint density at radius 3 is 1.18 bits per heavy atom. The monoisotopic (exact) mass is 1720 g/mol. The number of hydrogen-bond acceptors (Lipinski definition) is 10. The summed E-state index contributed by atoms with van der Waals surface area (Å²) < 4.78 is 12.1. The number of aryl methyl sites for hydroxylation is 8. The van der Waals surface area contributed by atoms with Crippen molar-refractivity contribution >= 4 is 43.9 Å². The summed E-state index contributed by atoms with van der Waals surface area (Å²) in [6, 6.07) is 93.9. The van der Waals surface area contributed by atoms with E-state index < -0.39 is 0 Å². The van der Waals surface area contributed by atoms with Gasteiger partial charge in [0, 0.05) is 72.6 Å². The van der Waals surface area contributed by atoms with Gasteiger partial charge in [-0.2, -0.15) is 0 Å². The van der Waals surface area contributed by atoms with Crippen molar-refractivity contribution in [1.29, 1.82) is 0 Å². The molecule has 0 aliphatic rings. The first-order valence-electron chi connectivity index (χ1n) is 34.3.